The van der Waals surface area contributed by atoms with Gasteiger partial charge in [0.1, 0.15) is 0 Å². The number of hydrogen-bond acceptors (Lipinski definition) is 1. The van der Waals surface area contributed by atoms with E-state index >= 15 is 0 Å². The summed E-state index contributed by atoms with van der Waals surface area (Å²) >= 11 is 0. The predicted octanol–water partition coefficient (Wildman–Crippen LogP) is 2.19. The summed E-state index contributed by atoms with van der Waals surface area (Å²) in [6.07, 6.45) is 3.10. The second-order valence-electron chi connectivity index (χ2n) is 3.49. The Hall–Kier alpha value is -1.08. The summed E-state index contributed by atoms with van der Waals surface area (Å²) in [6, 6.07) is 8.49. The minimum atomic E-state index is 1.15. The molecule has 1 heterocycles. The second kappa shape index (κ2) is 3.75. The molecule has 0 bridgehead atoms. The molecule has 1 saturated heterocycles. The largest absolute Gasteiger partial charge is 0.300 e. The van der Waals surface area contributed by atoms with E-state index in [-0.39, 0.29) is 0 Å². The van der Waals surface area contributed by atoms with Crippen LogP contribution in [0.1, 0.15) is 11.1 Å². The van der Waals surface area contributed by atoms with Gasteiger partial charge in [0.25, 0.3) is 0 Å². The van der Waals surface area contributed by atoms with Gasteiger partial charge in [0, 0.05) is 19.6 Å². The Balaban J connectivity index is 2.03. The maximum Gasteiger partial charge on any atom is 0.0110 e. The molecule has 0 atom stereocenters. The van der Waals surface area contributed by atoms with Gasteiger partial charge in [-0.15, -0.1) is 0 Å². The zero-order chi connectivity index (χ0) is 9.10. The van der Waals surface area contributed by atoms with Crippen LogP contribution >= 0.6 is 0 Å². The van der Waals surface area contributed by atoms with Gasteiger partial charge in [-0.1, -0.05) is 36.9 Å². The molecule has 0 saturated carbocycles. The molecule has 68 valence electrons. The Morgan fingerprint density at radius 2 is 2.08 bits per heavy atom. The van der Waals surface area contributed by atoms with E-state index in [0.29, 0.717) is 0 Å². The van der Waals surface area contributed by atoms with Crippen molar-refractivity contribution in [3.63, 3.8) is 0 Å². The topological polar surface area (TPSA) is 3.01 Å². The van der Waals surface area contributed by atoms with E-state index < -0.39 is 0 Å². The molecule has 0 N–H and O–H groups in total. The van der Waals surface area contributed by atoms with Crippen molar-refractivity contribution in [1.82, 2.24) is 4.90 Å². The Morgan fingerprint density at radius 3 is 2.77 bits per heavy atom. The summed E-state index contributed by atoms with van der Waals surface area (Å²) in [7, 11) is 0. The number of benzene rings is 1. The van der Waals surface area contributed by atoms with Crippen LogP contribution in [0.5, 0.6) is 0 Å². The highest BCUT2D eigenvalue weighted by molar-refractivity contribution is 5.51. The summed E-state index contributed by atoms with van der Waals surface area (Å²) in [5.74, 6) is 0. The summed E-state index contributed by atoms with van der Waals surface area (Å²) in [5, 5.41) is 0. The zero-order valence-electron chi connectivity index (χ0n) is 7.87. The fourth-order valence-corrected chi connectivity index (χ4v) is 1.53. The van der Waals surface area contributed by atoms with Crippen LogP contribution in [0.25, 0.3) is 6.08 Å². The average molecular weight is 173 g/mol. The van der Waals surface area contributed by atoms with E-state index in [1.54, 1.807) is 0 Å². The third-order valence-corrected chi connectivity index (χ3v) is 2.51. The smallest absolute Gasteiger partial charge is 0.0110 e. The predicted molar refractivity (Wildman–Crippen MR) is 56.7 cm³/mol. The maximum atomic E-state index is 3.82. The molecule has 1 aromatic carbocycles. The molecular weight excluding hydrogens is 158 g/mol. The summed E-state index contributed by atoms with van der Waals surface area (Å²) < 4.78 is 0. The highest BCUT2D eigenvalue weighted by Gasteiger charge is 2.16. The van der Waals surface area contributed by atoms with Gasteiger partial charge in [-0.3, -0.25) is 0 Å². The second-order valence-corrected chi connectivity index (χ2v) is 3.49. The molecule has 1 aromatic rings. The first-order valence-corrected chi connectivity index (χ1v) is 4.83. The van der Waals surface area contributed by atoms with Crippen LogP contribution in [0, 0.1) is 0 Å². The van der Waals surface area contributed by atoms with E-state index in [9.17, 15) is 0 Å². The van der Waals surface area contributed by atoms with Crippen molar-refractivity contribution in [1.29, 1.82) is 0 Å². The molecule has 0 unspecified atom stereocenters. The summed E-state index contributed by atoms with van der Waals surface area (Å²) in [5.41, 5.74) is 2.70. The highest BCUT2D eigenvalue weighted by atomic mass is 15.2. The summed E-state index contributed by atoms with van der Waals surface area (Å²) in [6.45, 7) is 7.60. The van der Waals surface area contributed by atoms with Gasteiger partial charge in [0.05, 0.1) is 0 Å². The first kappa shape index (κ1) is 8.52. The highest BCUT2D eigenvalue weighted by Crippen LogP contribution is 2.13. The third-order valence-electron chi connectivity index (χ3n) is 2.51. The van der Waals surface area contributed by atoms with Crippen LogP contribution in [-0.4, -0.2) is 24.5 Å². The van der Waals surface area contributed by atoms with E-state index in [2.05, 4.69) is 35.7 Å². The number of nitrogens with zero attached hydrogens (tertiary/aromatic N) is 1. The molecule has 0 aliphatic carbocycles. The Kier molecular flexibility index (Phi) is 2.46. The lowest BCUT2D eigenvalue weighted by Crippen LogP contribution is -2.03. The lowest BCUT2D eigenvalue weighted by atomic mass is 10.0. The third kappa shape index (κ3) is 2.19. The molecular formula is C12H15N. The fourth-order valence-electron chi connectivity index (χ4n) is 1.53. The van der Waals surface area contributed by atoms with Gasteiger partial charge in [0.15, 0.2) is 0 Å². The van der Waals surface area contributed by atoms with Crippen molar-refractivity contribution < 1.29 is 0 Å². The molecule has 1 aliphatic heterocycles. The van der Waals surface area contributed by atoms with Gasteiger partial charge >= 0.3 is 0 Å². The molecule has 1 aliphatic rings. The molecule has 0 spiro atoms. The fraction of sp³-hybridized carbons (Fsp3) is 0.333. The molecule has 1 heteroatoms. The van der Waals surface area contributed by atoms with E-state index in [1.165, 1.54) is 30.8 Å². The molecule has 1 nitrogen and oxygen atoms in total. The Morgan fingerprint density at radius 1 is 1.31 bits per heavy atom. The van der Waals surface area contributed by atoms with Gasteiger partial charge in [-0.25, -0.2) is 0 Å². The van der Waals surface area contributed by atoms with Crippen molar-refractivity contribution in [2.45, 2.75) is 6.42 Å². The zero-order valence-corrected chi connectivity index (χ0v) is 7.87. The standard InChI is InChI=1S/C12H15N/c1-2-11-5-3-4-6-12(11)7-8-13-9-10-13/h2-6H,1,7-10H2. The first-order valence-electron chi connectivity index (χ1n) is 4.83. The Bertz CT molecular complexity index is 300. The molecule has 2 rings (SSSR count). The van der Waals surface area contributed by atoms with Crippen molar-refractivity contribution in [3.05, 3.63) is 42.0 Å². The van der Waals surface area contributed by atoms with E-state index in [0.717, 1.165) is 6.42 Å². The van der Waals surface area contributed by atoms with Gasteiger partial charge < -0.3 is 4.90 Å². The SMILES string of the molecule is C=Cc1ccccc1CCN1CC1. The molecule has 0 amide bonds. The van der Waals surface area contributed by atoms with Crippen molar-refractivity contribution in [3.8, 4) is 0 Å². The van der Waals surface area contributed by atoms with Crippen molar-refractivity contribution in [2.75, 3.05) is 19.6 Å². The average Bonchev–Trinajstić information content (AvgIpc) is 2.99. The lowest BCUT2D eigenvalue weighted by Gasteiger charge is -2.05. The minimum absolute atomic E-state index is 1.15. The van der Waals surface area contributed by atoms with Crippen LogP contribution in [0.4, 0.5) is 0 Å². The molecule has 0 radical (unpaired) electrons. The van der Waals surface area contributed by atoms with E-state index in [1.807, 2.05) is 6.08 Å². The first-order chi connectivity index (χ1) is 6.40. The maximum absolute atomic E-state index is 3.82. The van der Waals surface area contributed by atoms with Crippen LogP contribution in [-0.2, 0) is 6.42 Å². The quantitative estimate of drug-likeness (QED) is 0.631. The minimum Gasteiger partial charge on any atom is -0.300 e. The summed E-state index contributed by atoms with van der Waals surface area (Å²) in [4.78, 5) is 2.44. The van der Waals surface area contributed by atoms with Crippen LogP contribution in [0.15, 0.2) is 30.8 Å². The Labute approximate surface area is 79.7 Å². The van der Waals surface area contributed by atoms with Crippen LogP contribution in [0.3, 0.4) is 0 Å². The molecule has 13 heavy (non-hydrogen) atoms. The number of hydrogen-bond donors (Lipinski definition) is 0. The van der Waals surface area contributed by atoms with Gasteiger partial charge in [0.2, 0.25) is 0 Å². The van der Waals surface area contributed by atoms with E-state index in [4.69, 9.17) is 0 Å². The normalized spacial score (nSPS) is 15.7. The number of rotatable bonds is 4. The van der Waals surface area contributed by atoms with Crippen LogP contribution < -0.4 is 0 Å². The van der Waals surface area contributed by atoms with Crippen molar-refractivity contribution >= 4 is 6.08 Å². The monoisotopic (exact) mass is 173 g/mol. The lowest BCUT2D eigenvalue weighted by molar-refractivity contribution is 0.561. The molecule has 0 aromatic heterocycles. The van der Waals surface area contributed by atoms with Gasteiger partial charge in [-0.2, -0.15) is 0 Å². The van der Waals surface area contributed by atoms with Crippen LogP contribution in [0.2, 0.25) is 0 Å². The molecule has 1 fully saturated rings. The van der Waals surface area contributed by atoms with Crippen molar-refractivity contribution in [2.24, 2.45) is 0 Å². The van der Waals surface area contributed by atoms with Gasteiger partial charge in [-0.05, 0) is 17.5 Å².